The van der Waals surface area contributed by atoms with Crippen LogP contribution in [0.3, 0.4) is 0 Å². The Kier molecular flexibility index (Phi) is 5.17. The molecule has 1 aliphatic rings. The van der Waals surface area contributed by atoms with Crippen LogP contribution >= 0.6 is 0 Å². The summed E-state index contributed by atoms with van der Waals surface area (Å²) < 4.78 is 9.67. The van der Waals surface area contributed by atoms with Crippen LogP contribution in [0.4, 0.5) is 0 Å². The van der Waals surface area contributed by atoms with Crippen molar-refractivity contribution in [2.75, 3.05) is 6.61 Å². The Morgan fingerprint density at radius 3 is 2.43 bits per heavy atom. The van der Waals surface area contributed by atoms with Crippen LogP contribution in [-0.4, -0.2) is 52.9 Å². The zero-order chi connectivity index (χ0) is 17.0. The molecule has 3 atom stereocenters. The van der Waals surface area contributed by atoms with Crippen molar-refractivity contribution < 1.29 is 34.1 Å². The molecule has 1 heterocycles. The summed E-state index contributed by atoms with van der Waals surface area (Å²) in [6, 6.07) is 5.18. The second-order valence-electron chi connectivity index (χ2n) is 5.00. The van der Waals surface area contributed by atoms with E-state index in [9.17, 15) is 19.5 Å². The number of hydrogen-bond acceptors (Lipinski definition) is 6. The molecule has 1 aromatic carbocycles. The number of ether oxygens (including phenoxy) is 2. The predicted octanol–water partition coefficient (Wildman–Crippen LogP) is -0.165. The van der Waals surface area contributed by atoms with Crippen molar-refractivity contribution in [3.63, 3.8) is 0 Å². The van der Waals surface area contributed by atoms with Crippen LogP contribution in [0.1, 0.15) is 12.5 Å². The molecule has 23 heavy (non-hydrogen) atoms. The quantitative estimate of drug-likeness (QED) is 0.470. The van der Waals surface area contributed by atoms with Gasteiger partial charge in [0.2, 0.25) is 0 Å². The molecular formula is C15H17NO7. The number of phenolic OH excluding ortho intramolecular Hbond substituents is 1. The zero-order valence-corrected chi connectivity index (χ0v) is 12.4. The van der Waals surface area contributed by atoms with Crippen molar-refractivity contribution in [1.82, 2.24) is 5.32 Å². The summed E-state index contributed by atoms with van der Waals surface area (Å²) in [5.41, 5.74) is 0.702. The van der Waals surface area contributed by atoms with Gasteiger partial charge in [0.15, 0.2) is 12.2 Å². The van der Waals surface area contributed by atoms with Crippen LogP contribution in [0.25, 0.3) is 0 Å². The smallest absolute Gasteiger partial charge is 0.336 e. The van der Waals surface area contributed by atoms with Gasteiger partial charge in [-0.3, -0.25) is 4.79 Å². The predicted molar refractivity (Wildman–Crippen MR) is 76.7 cm³/mol. The maximum atomic E-state index is 12.0. The van der Waals surface area contributed by atoms with Gasteiger partial charge < -0.3 is 25.0 Å². The number of carbonyl (C=O) groups is 3. The molecule has 0 bridgehead atoms. The maximum Gasteiger partial charge on any atom is 0.336 e. The molecule has 2 rings (SSSR count). The molecule has 124 valence electrons. The standard InChI is InChI=1S/C15H17NO7/c1-2-22-15(21)10(7-8-3-5-9(17)6-4-8)16-13(18)11-12(23-11)14(19)20/h3-6,10-12,17H,2,7H2,1H3,(H,16,18)(H,19,20)/t10-,11-,12-/m0/s1. The van der Waals surface area contributed by atoms with Gasteiger partial charge in [-0.1, -0.05) is 12.1 Å². The summed E-state index contributed by atoms with van der Waals surface area (Å²) in [5, 5.41) is 20.4. The third kappa shape index (κ3) is 4.43. The van der Waals surface area contributed by atoms with Crippen molar-refractivity contribution in [2.45, 2.75) is 31.6 Å². The summed E-state index contributed by atoms with van der Waals surface area (Å²) in [6.45, 7) is 1.79. The summed E-state index contributed by atoms with van der Waals surface area (Å²) in [5.74, 6) is -2.44. The van der Waals surface area contributed by atoms with Gasteiger partial charge in [-0.15, -0.1) is 0 Å². The fraction of sp³-hybridized carbons (Fsp3) is 0.400. The molecule has 1 aliphatic heterocycles. The van der Waals surface area contributed by atoms with E-state index in [1.807, 2.05) is 0 Å². The largest absolute Gasteiger partial charge is 0.508 e. The number of phenols is 1. The van der Waals surface area contributed by atoms with Crippen molar-refractivity contribution >= 4 is 17.8 Å². The lowest BCUT2D eigenvalue weighted by Gasteiger charge is -2.17. The minimum Gasteiger partial charge on any atom is -0.508 e. The molecular weight excluding hydrogens is 306 g/mol. The van der Waals surface area contributed by atoms with Gasteiger partial charge in [-0.05, 0) is 24.6 Å². The molecule has 1 fully saturated rings. The van der Waals surface area contributed by atoms with Crippen molar-refractivity contribution in [3.05, 3.63) is 29.8 Å². The van der Waals surface area contributed by atoms with Gasteiger partial charge in [0.05, 0.1) is 6.61 Å². The van der Waals surface area contributed by atoms with Gasteiger partial charge in [-0.25, -0.2) is 9.59 Å². The molecule has 8 heteroatoms. The van der Waals surface area contributed by atoms with E-state index in [0.29, 0.717) is 5.56 Å². The van der Waals surface area contributed by atoms with Crippen molar-refractivity contribution in [2.24, 2.45) is 0 Å². The first-order valence-corrected chi connectivity index (χ1v) is 7.05. The summed E-state index contributed by atoms with van der Waals surface area (Å²) in [6.07, 6.45) is -2.12. The Labute approximate surface area is 132 Å². The molecule has 0 spiro atoms. The first-order valence-electron chi connectivity index (χ1n) is 7.05. The fourth-order valence-electron chi connectivity index (χ4n) is 2.06. The highest BCUT2D eigenvalue weighted by Gasteiger charge is 2.51. The van der Waals surface area contributed by atoms with Crippen LogP contribution in [0.5, 0.6) is 5.75 Å². The first-order chi connectivity index (χ1) is 10.9. The molecule has 0 unspecified atom stereocenters. The van der Waals surface area contributed by atoms with E-state index in [0.717, 1.165) is 0 Å². The van der Waals surface area contributed by atoms with E-state index >= 15 is 0 Å². The lowest BCUT2D eigenvalue weighted by molar-refractivity contribution is -0.147. The Morgan fingerprint density at radius 2 is 1.91 bits per heavy atom. The monoisotopic (exact) mass is 323 g/mol. The molecule has 0 radical (unpaired) electrons. The fourth-order valence-corrected chi connectivity index (χ4v) is 2.06. The summed E-state index contributed by atoms with van der Waals surface area (Å²) in [4.78, 5) is 34.6. The van der Waals surface area contributed by atoms with Gasteiger partial charge in [0.25, 0.3) is 5.91 Å². The number of amides is 1. The van der Waals surface area contributed by atoms with Crippen LogP contribution in [0, 0.1) is 0 Å². The van der Waals surface area contributed by atoms with Crippen LogP contribution < -0.4 is 5.32 Å². The zero-order valence-electron chi connectivity index (χ0n) is 12.4. The maximum absolute atomic E-state index is 12.0. The number of carbonyl (C=O) groups excluding carboxylic acids is 2. The molecule has 1 saturated heterocycles. The van der Waals surface area contributed by atoms with E-state index in [-0.39, 0.29) is 18.8 Å². The third-order valence-electron chi connectivity index (χ3n) is 3.26. The molecule has 1 amide bonds. The molecule has 1 aromatic rings. The Bertz CT molecular complexity index is 598. The molecule has 0 aromatic heterocycles. The van der Waals surface area contributed by atoms with E-state index < -0.39 is 36.1 Å². The molecule has 3 N–H and O–H groups in total. The molecule has 8 nitrogen and oxygen atoms in total. The highest BCUT2D eigenvalue weighted by Crippen LogP contribution is 2.22. The van der Waals surface area contributed by atoms with Crippen molar-refractivity contribution in [3.8, 4) is 5.75 Å². The van der Waals surface area contributed by atoms with Gasteiger partial charge in [-0.2, -0.15) is 0 Å². The first kappa shape index (κ1) is 16.8. The number of epoxide rings is 1. The number of esters is 1. The van der Waals surface area contributed by atoms with Crippen LogP contribution in [0.2, 0.25) is 0 Å². The number of hydrogen-bond donors (Lipinski definition) is 3. The lowest BCUT2D eigenvalue weighted by Crippen LogP contribution is -2.45. The molecule has 0 saturated carbocycles. The second kappa shape index (κ2) is 7.10. The van der Waals surface area contributed by atoms with E-state index in [1.54, 1.807) is 19.1 Å². The van der Waals surface area contributed by atoms with Crippen LogP contribution in [-0.2, 0) is 30.3 Å². The lowest BCUT2D eigenvalue weighted by atomic mass is 10.1. The summed E-state index contributed by atoms with van der Waals surface area (Å²) in [7, 11) is 0. The Balaban J connectivity index is 2.02. The second-order valence-corrected chi connectivity index (χ2v) is 5.00. The number of carboxylic acid groups (broad SMARTS) is 1. The van der Waals surface area contributed by atoms with Gasteiger partial charge >= 0.3 is 11.9 Å². The third-order valence-corrected chi connectivity index (χ3v) is 3.26. The number of aromatic hydroxyl groups is 1. The number of aliphatic carboxylic acids is 1. The highest BCUT2D eigenvalue weighted by atomic mass is 16.6. The SMILES string of the molecule is CCOC(=O)[C@H](Cc1ccc(O)cc1)NC(=O)[C@H]1O[C@@H]1C(=O)O. The normalized spacial score (nSPS) is 20.4. The Morgan fingerprint density at radius 1 is 1.26 bits per heavy atom. The summed E-state index contributed by atoms with van der Waals surface area (Å²) >= 11 is 0. The minimum atomic E-state index is -1.23. The van der Waals surface area contributed by atoms with Gasteiger partial charge in [0, 0.05) is 6.42 Å². The molecule has 0 aliphatic carbocycles. The van der Waals surface area contributed by atoms with E-state index in [1.165, 1.54) is 12.1 Å². The van der Waals surface area contributed by atoms with Crippen molar-refractivity contribution in [1.29, 1.82) is 0 Å². The van der Waals surface area contributed by atoms with E-state index in [2.05, 4.69) is 5.32 Å². The Hall–Kier alpha value is -2.61. The van der Waals surface area contributed by atoms with Gasteiger partial charge in [0.1, 0.15) is 11.8 Å². The number of carboxylic acids is 1. The topological polar surface area (TPSA) is 125 Å². The average molecular weight is 323 g/mol. The number of rotatable bonds is 7. The van der Waals surface area contributed by atoms with Crippen LogP contribution in [0.15, 0.2) is 24.3 Å². The minimum absolute atomic E-state index is 0.0844. The average Bonchev–Trinajstić information content (AvgIpc) is 3.29. The highest BCUT2D eigenvalue weighted by molar-refractivity contribution is 5.94. The number of benzene rings is 1. The van der Waals surface area contributed by atoms with E-state index in [4.69, 9.17) is 14.6 Å². The number of nitrogens with one attached hydrogen (secondary N) is 1.